The molecule has 0 atom stereocenters. The lowest BCUT2D eigenvalue weighted by atomic mass is 10.1. The summed E-state index contributed by atoms with van der Waals surface area (Å²) in [4.78, 5) is 24.1. The second-order valence-corrected chi connectivity index (χ2v) is 9.16. The Morgan fingerprint density at radius 3 is 2.50 bits per heavy atom. The first-order valence-electron chi connectivity index (χ1n) is 9.79. The fraction of sp³-hybridized carbons (Fsp3) is 0.208. The van der Waals surface area contributed by atoms with Crippen LogP contribution in [0.15, 0.2) is 67.0 Å². The molecule has 0 aliphatic rings. The number of aromatic nitrogens is 2. The lowest BCUT2D eigenvalue weighted by molar-refractivity contribution is -0.116. The SMILES string of the molecule is Cc1ccc(C)c2sc(N(Cc3cccnc3)C(=O)CSCc3ccccc3)nc12. The van der Waals surface area contributed by atoms with Crippen LogP contribution in [-0.2, 0) is 17.1 Å². The minimum Gasteiger partial charge on any atom is -0.283 e. The number of thioether (sulfide) groups is 1. The molecule has 0 saturated heterocycles. The predicted octanol–water partition coefficient (Wildman–Crippen LogP) is 5.77. The number of anilines is 1. The van der Waals surface area contributed by atoms with Crippen molar-refractivity contribution in [3.8, 4) is 0 Å². The van der Waals surface area contributed by atoms with E-state index in [0.29, 0.717) is 12.3 Å². The molecule has 2 aromatic heterocycles. The summed E-state index contributed by atoms with van der Waals surface area (Å²) in [5, 5.41) is 0.747. The molecule has 0 radical (unpaired) electrons. The fourth-order valence-corrected chi connectivity index (χ4v) is 5.20. The zero-order chi connectivity index (χ0) is 20.9. The van der Waals surface area contributed by atoms with Gasteiger partial charge in [-0.3, -0.25) is 14.7 Å². The van der Waals surface area contributed by atoms with Gasteiger partial charge in [0.2, 0.25) is 5.91 Å². The van der Waals surface area contributed by atoms with Crippen LogP contribution < -0.4 is 4.90 Å². The van der Waals surface area contributed by atoms with Gasteiger partial charge in [0.25, 0.3) is 0 Å². The number of thiazole rings is 1. The molecule has 0 saturated carbocycles. The van der Waals surface area contributed by atoms with Gasteiger partial charge in [-0.15, -0.1) is 11.8 Å². The average Bonchev–Trinajstić information content (AvgIpc) is 3.23. The quantitative estimate of drug-likeness (QED) is 0.371. The summed E-state index contributed by atoms with van der Waals surface area (Å²) in [6.07, 6.45) is 3.55. The predicted molar refractivity (Wildman–Crippen MR) is 127 cm³/mol. The normalized spacial score (nSPS) is 11.0. The van der Waals surface area contributed by atoms with E-state index in [0.717, 1.165) is 32.2 Å². The zero-order valence-corrected chi connectivity index (χ0v) is 18.7. The van der Waals surface area contributed by atoms with Crippen molar-refractivity contribution in [2.45, 2.75) is 26.1 Å². The van der Waals surface area contributed by atoms with E-state index in [-0.39, 0.29) is 5.91 Å². The Bertz CT molecular complexity index is 1100. The molecule has 2 heterocycles. The van der Waals surface area contributed by atoms with Crippen LogP contribution in [0, 0.1) is 13.8 Å². The Labute approximate surface area is 185 Å². The molecule has 0 N–H and O–H groups in total. The first kappa shape index (κ1) is 20.6. The number of nitrogens with zero attached hydrogens (tertiary/aromatic N) is 3. The molecule has 4 aromatic rings. The third-order valence-corrected chi connectivity index (χ3v) is 7.07. The largest absolute Gasteiger partial charge is 0.283 e. The van der Waals surface area contributed by atoms with Gasteiger partial charge in [-0.25, -0.2) is 4.98 Å². The maximum Gasteiger partial charge on any atom is 0.239 e. The summed E-state index contributed by atoms with van der Waals surface area (Å²) in [5.74, 6) is 1.28. The van der Waals surface area contributed by atoms with Crippen LogP contribution >= 0.6 is 23.1 Å². The van der Waals surface area contributed by atoms with E-state index in [2.05, 4.69) is 43.1 Å². The van der Waals surface area contributed by atoms with Gasteiger partial charge in [-0.2, -0.15) is 0 Å². The molecule has 4 nitrogen and oxygen atoms in total. The third kappa shape index (κ3) is 4.71. The van der Waals surface area contributed by atoms with Crippen LogP contribution in [-0.4, -0.2) is 21.6 Å². The van der Waals surface area contributed by atoms with Gasteiger partial charge in [0.1, 0.15) is 0 Å². The van der Waals surface area contributed by atoms with Crippen molar-refractivity contribution in [2.75, 3.05) is 10.7 Å². The van der Waals surface area contributed by atoms with Crippen LogP contribution in [0.25, 0.3) is 10.2 Å². The van der Waals surface area contributed by atoms with Gasteiger partial charge in [0, 0.05) is 18.1 Å². The van der Waals surface area contributed by atoms with Crippen LogP contribution in [0.2, 0.25) is 0 Å². The van der Waals surface area contributed by atoms with Crippen molar-refractivity contribution in [1.82, 2.24) is 9.97 Å². The highest BCUT2D eigenvalue weighted by atomic mass is 32.2. The molecular weight excluding hydrogens is 410 g/mol. The lowest BCUT2D eigenvalue weighted by Gasteiger charge is -2.19. The van der Waals surface area contributed by atoms with Gasteiger partial charge in [0.15, 0.2) is 5.13 Å². The Morgan fingerprint density at radius 2 is 1.77 bits per heavy atom. The van der Waals surface area contributed by atoms with Crippen molar-refractivity contribution in [1.29, 1.82) is 0 Å². The summed E-state index contributed by atoms with van der Waals surface area (Å²) < 4.78 is 1.14. The van der Waals surface area contributed by atoms with Gasteiger partial charge >= 0.3 is 0 Å². The molecule has 0 unspecified atom stereocenters. The number of benzene rings is 2. The van der Waals surface area contributed by atoms with Gasteiger partial charge in [-0.1, -0.05) is 59.9 Å². The number of rotatable bonds is 7. The highest BCUT2D eigenvalue weighted by Gasteiger charge is 2.21. The van der Waals surface area contributed by atoms with Crippen molar-refractivity contribution < 1.29 is 4.79 Å². The van der Waals surface area contributed by atoms with Crippen LogP contribution in [0.4, 0.5) is 5.13 Å². The third-order valence-electron chi connectivity index (χ3n) is 4.86. The highest BCUT2D eigenvalue weighted by Crippen LogP contribution is 2.34. The number of aryl methyl sites for hydroxylation is 2. The Hall–Kier alpha value is -2.70. The average molecular weight is 434 g/mol. The highest BCUT2D eigenvalue weighted by molar-refractivity contribution is 7.99. The minimum absolute atomic E-state index is 0.0640. The van der Waals surface area contributed by atoms with E-state index >= 15 is 0 Å². The zero-order valence-electron chi connectivity index (χ0n) is 17.0. The lowest BCUT2D eigenvalue weighted by Crippen LogP contribution is -2.32. The topological polar surface area (TPSA) is 46.1 Å². The molecule has 30 heavy (non-hydrogen) atoms. The van der Waals surface area contributed by atoms with E-state index in [1.54, 1.807) is 40.4 Å². The maximum atomic E-state index is 13.2. The summed E-state index contributed by atoms with van der Waals surface area (Å²) >= 11 is 3.22. The number of pyridine rings is 1. The Balaban J connectivity index is 1.58. The monoisotopic (exact) mass is 433 g/mol. The Morgan fingerprint density at radius 1 is 1.00 bits per heavy atom. The summed E-state index contributed by atoms with van der Waals surface area (Å²) in [6, 6.07) is 18.3. The van der Waals surface area contributed by atoms with Gasteiger partial charge in [-0.05, 0) is 42.2 Å². The number of hydrogen-bond acceptors (Lipinski definition) is 5. The Kier molecular flexibility index (Phi) is 6.45. The molecule has 152 valence electrons. The van der Waals surface area contributed by atoms with Crippen LogP contribution in [0.3, 0.4) is 0 Å². The molecular formula is C24H23N3OS2. The van der Waals surface area contributed by atoms with E-state index < -0.39 is 0 Å². The second-order valence-electron chi connectivity index (χ2n) is 7.19. The van der Waals surface area contributed by atoms with Crippen molar-refractivity contribution in [2.24, 2.45) is 0 Å². The van der Waals surface area contributed by atoms with Crippen molar-refractivity contribution in [3.63, 3.8) is 0 Å². The van der Waals surface area contributed by atoms with Gasteiger partial charge in [0.05, 0.1) is 22.5 Å². The number of carbonyl (C=O) groups excluding carboxylic acids is 1. The molecule has 0 fully saturated rings. The van der Waals surface area contributed by atoms with E-state index in [4.69, 9.17) is 4.98 Å². The summed E-state index contributed by atoms with van der Waals surface area (Å²) in [5.41, 5.74) is 5.51. The number of hydrogen-bond donors (Lipinski definition) is 0. The molecule has 1 amide bonds. The van der Waals surface area contributed by atoms with Crippen molar-refractivity contribution >= 4 is 44.4 Å². The number of fused-ring (bicyclic) bond motifs is 1. The van der Waals surface area contributed by atoms with E-state index in [1.165, 1.54) is 11.1 Å². The fourth-order valence-electron chi connectivity index (χ4n) is 3.21. The van der Waals surface area contributed by atoms with Crippen molar-refractivity contribution in [3.05, 3.63) is 89.2 Å². The van der Waals surface area contributed by atoms with Crippen LogP contribution in [0.1, 0.15) is 22.3 Å². The maximum absolute atomic E-state index is 13.2. The van der Waals surface area contributed by atoms with Crippen LogP contribution in [0.5, 0.6) is 0 Å². The summed E-state index contributed by atoms with van der Waals surface area (Å²) in [6.45, 7) is 4.62. The molecule has 0 bridgehead atoms. The first-order valence-corrected chi connectivity index (χ1v) is 11.8. The molecule has 0 aliphatic heterocycles. The van der Waals surface area contributed by atoms with E-state index in [9.17, 15) is 4.79 Å². The second kappa shape index (κ2) is 9.41. The molecule has 0 aliphatic carbocycles. The molecule has 2 aromatic carbocycles. The standard InChI is InChI=1S/C24H23N3OS2/c1-17-10-11-18(2)23-22(17)26-24(30-23)27(14-20-9-6-12-25-13-20)21(28)16-29-15-19-7-4-3-5-8-19/h3-13H,14-16H2,1-2H3. The van der Waals surface area contributed by atoms with Gasteiger partial charge < -0.3 is 0 Å². The smallest absolute Gasteiger partial charge is 0.239 e. The minimum atomic E-state index is 0.0640. The number of carbonyl (C=O) groups is 1. The number of amides is 1. The molecule has 6 heteroatoms. The van der Waals surface area contributed by atoms with E-state index in [1.807, 2.05) is 30.3 Å². The summed E-state index contributed by atoms with van der Waals surface area (Å²) in [7, 11) is 0. The molecule has 4 rings (SSSR count). The first-order chi connectivity index (χ1) is 14.6. The molecule has 0 spiro atoms.